The van der Waals surface area contributed by atoms with Crippen molar-refractivity contribution in [2.75, 3.05) is 18.4 Å². The van der Waals surface area contributed by atoms with Crippen LogP contribution in [0.5, 0.6) is 0 Å². The standard InChI is InChI=1S/C13H18F2N2O3S/c1-3-16-8-9(2)12(18)17-10-4-6-11(7-5-10)21(19,20)13(14)15/h4-7,9,13,16H,3,8H2,1-2H3,(H,17,18). The Morgan fingerprint density at radius 2 is 1.81 bits per heavy atom. The third-order valence-electron chi connectivity index (χ3n) is 2.83. The lowest BCUT2D eigenvalue weighted by atomic mass is 10.1. The van der Waals surface area contributed by atoms with Crippen molar-refractivity contribution < 1.29 is 22.0 Å². The SMILES string of the molecule is CCNCC(C)C(=O)Nc1ccc(S(=O)(=O)C(F)F)cc1. The summed E-state index contributed by atoms with van der Waals surface area (Å²) in [4.78, 5) is 11.3. The van der Waals surface area contributed by atoms with Crippen molar-refractivity contribution in [3.05, 3.63) is 24.3 Å². The number of hydrogen-bond acceptors (Lipinski definition) is 4. The molecule has 8 heteroatoms. The molecule has 0 saturated heterocycles. The summed E-state index contributed by atoms with van der Waals surface area (Å²) < 4.78 is 47.2. The van der Waals surface area contributed by atoms with Crippen molar-refractivity contribution in [1.82, 2.24) is 5.32 Å². The van der Waals surface area contributed by atoms with Crippen LogP contribution < -0.4 is 10.6 Å². The number of alkyl halides is 2. The first kappa shape index (κ1) is 17.5. The highest BCUT2D eigenvalue weighted by atomic mass is 32.2. The topological polar surface area (TPSA) is 75.3 Å². The van der Waals surface area contributed by atoms with Crippen LogP contribution in [-0.2, 0) is 14.6 Å². The number of hydrogen-bond donors (Lipinski definition) is 2. The maximum Gasteiger partial charge on any atom is 0.341 e. The normalized spacial score (nSPS) is 13.2. The van der Waals surface area contributed by atoms with Gasteiger partial charge >= 0.3 is 5.76 Å². The number of carbonyl (C=O) groups is 1. The summed E-state index contributed by atoms with van der Waals surface area (Å²) in [6.45, 7) is 4.93. The van der Waals surface area contributed by atoms with Crippen LogP contribution in [0.1, 0.15) is 13.8 Å². The average Bonchev–Trinajstić information content (AvgIpc) is 2.45. The van der Waals surface area contributed by atoms with E-state index in [1.165, 1.54) is 12.1 Å². The highest BCUT2D eigenvalue weighted by Gasteiger charge is 2.26. The first-order chi connectivity index (χ1) is 9.78. The van der Waals surface area contributed by atoms with Crippen molar-refractivity contribution in [1.29, 1.82) is 0 Å². The van der Waals surface area contributed by atoms with E-state index in [0.717, 1.165) is 18.7 Å². The van der Waals surface area contributed by atoms with Gasteiger partial charge in [-0.1, -0.05) is 13.8 Å². The van der Waals surface area contributed by atoms with E-state index in [4.69, 9.17) is 0 Å². The van der Waals surface area contributed by atoms with Crippen molar-refractivity contribution in [2.24, 2.45) is 5.92 Å². The van der Waals surface area contributed by atoms with Crippen LogP contribution >= 0.6 is 0 Å². The van der Waals surface area contributed by atoms with Gasteiger partial charge in [-0.05, 0) is 30.8 Å². The number of carbonyl (C=O) groups excluding carboxylic acids is 1. The number of halogens is 2. The minimum absolute atomic E-state index is 0.236. The Morgan fingerprint density at radius 1 is 1.24 bits per heavy atom. The van der Waals surface area contributed by atoms with E-state index in [1.807, 2.05) is 6.92 Å². The van der Waals surface area contributed by atoms with Gasteiger partial charge in [0.05, 0.1) is 4.90 Å². The van der Waals surface area contributed by atoms with E-state index >= 15 is 0 Å². The van der Waals surface area contributed by atoms with E-state index in [9.17, 15) is 22.0 Å². The zero-order chi connectivity index (χ0) is 16.0. The largest absolute Gasteiger partial charge is 0.341 e. The smallest absolute Gasteiger partial charge is 0.326 e. The summed E-state index contributed by atoms with van der Waals surface area (Å²) in [6.07, 6.45) is 0. The molecule has 0 aliphatic heterocycles. The first-order valence-electron chi connectivity index (χ1n) is 6.42. The predicted molar refractivity (Wildman–Crippen MR) is 76.0 cm³/mol. The van der Waals surface area contributed by atoms with Gasteiger partial charge in [-0.25, -0.2) is 8.42 Å². The molecule has 1 atom stereocenters. The Bertz CT molecular complexity index is 574. The lowest BCUT2D eigenvalue weighted by Crippen LogP contribution is -2.30. The summed E-state index contributed by atoms with van der Waals surface area (Å²) >= 11 is 0. The quantitative estimate of drug-likeness (QED) is 0.804. The zero-order valence-corrected chi connectivity index (χ0v) is 12.6. The van der Waals surface area contributed by atoms with E-state index in [1.54, 1.807) is 6.92 Å². The van der Waals surface area contributed by atoms with Crippen molar-refractivity contribution in [3.63, 3.8) is 0 Å². The Hall–Kier alpha value is -1.54. The molecule has 0 fully saturated rings. The molecule has 0 aliphatic rings. The third kappa shape index (κ3) is 4.75. The van der Waals surface area contributed by atoms with Crippen molar-refractivity contribution in [2.45, 2.75) is 24.5 Å². The van der Waals surface area contributed by atoms with E-state index in [2.05, 4.69) is 10.6 Å². The maximum absolute atomic E-state index is 12.4. The van der Waals surface area contributed by atoms with Crippen molar-refractivity contribution in [3.8, 4) is 0 Å². The van der Waals surface area contributed by atoms with Gasteiger partial charge in [-0.15, -0.1) is 0 Å². The van der Waals surface area contributed by atoms with Gasteiger partial charge < -0.3 is 10.6 Å². The molecule has 2 N–H and O–H groups in total. The number of benzene rings is 1. The van der Waals surface area contributed by atoms with Gasteiger partial charge in [-0.2, -0.15) is 8.78 Å². The number of nitrogens with one attached hydrogen (secondary N) is 2. The summed E-state index contributed by atoms with van der Waals surface area (Å²) in [7, 11) is -4.61. The fourth-order valence-corrected chi connectivity index (χ4v) is 2.27. The van der Waals surface area contributed by atoms with Gasteiger partial charge in [0.25, 0.3) is 0 Å². The predicted octanol–water partition coefficient (Wildman–Crippen LogP) is 1.87. The Morgan fingerprint density at radius 3 is 2.29 bits per heavy atom. The second kappa shape index (κ2) is 7.46. The highest BCUT2D eigenvalue weighted by molar-refractivity contribution is 7.91. The molecule has 1 unspecified atom stereocenters. The molecule has 0 bridgehead atoms. The Balaban J connectivity index is 2.74. The molecular formula is C13H18F2N2O3S. The van der Waals surface area contributed by atoms with Crippen LogP contribution in [0.15, 0.2) is 29.2 Å². The monoisotopic (exact) mass is 320 g/mol. The molecule has 118 valence electrons. The molecule has 1 amide bonds. The first-order valence-corrected chi connectivity index (χ1v) is 7.97. The van der Waals surface area contributed by atoms with Crippen LogP contribution in [0.4, 0.5) is 14.5 Å². The molecule has 1 rings (SSSR count). The van der Waals surface area contributed by atoms with Gasteiger partial charge in [0.2, 0.25) is 15.7 Å². The van der Waals surface area contributed by atoms with Crippen LogP contribution in [-0.4, -0.2) is 33.2 Å². The molecule has 0 aliphatic carbocycles. The molecule has 1 aromatic carbocycles. The lowest BCUT2D eigenvalue weighted by Gasteiger charge is -2.12. The minimum atomic E-state index is -4.61. The Kier molecular flexibility index (Phi) is 6.22. The molecule has 0 radical (unpaired) electrons. The van der Waals surface area contributed by atoms with Gasteiger partial charge in [-0.3, -0.25) is 4.79 Å². The van der Waals surface area contributed by atoms with Crippen LogP contribution in [0.25, 0.3) is 0 Å². The fraction of sp³-hybridized carbons (Fsp3) is 0.462. The average molecular weight is 320 g/mol. The van der Waals surface area contributed by atoms with E-state index < -0.39 is 20.5 Å². The van der Waals surface area contributed by atoms with E-state index in [-0.39, 0.29) is 11.8 Å². The van der Waals surface area contributed by atoms with Gasteiger partial charge in [0.15, 0.2) is 0 Å². The number of rotatable bonds is 7. The van der Waals surface area contributed by atoms with Crippen LogP contribution in [0.3, 0.4) is 0 Å². The number of sulfone groups is 1. The number of anilines is 1. The molecule has 0 saturated carbocycles. The lowest BCUT2D eigenvalue weighted by molar-refractivity contribution is -0.119. The molecule has 0 aromatic heterocycles. The molecule has 1 aromatic rings. The third-order valence-corrected chi connectivity index (χ3v) is 4.23. The fourth-order valence-electron chi connectivity index (χ4n) is 1.55. The summed E-state index contributed by atoms with van der Waals surface area (Å²) in [5.74, 6) is -3.96. The second-order valence-electron chi connectivity index (χ2n) is 4.53. The molecule has 0 spiro atoms. The van der Waals surface area contributed by atoms with Crippen LogP contribution in [0.2, 0.25) is 0 Å². The van der Waals surface area contributed by atoms with Crippen molar-refractivity contribution >= 4 is 21.4 Å². The summed E-state index contributed by atoms with van der Waals surface area (Å²) in [6, 6.07) is 4.67. The highest BCUT2D eigenvalue weighted by Crippen LogP contribution is 2.20. The maximum atomic E-state index is 12.4. The van der Waals surface area contributed by atoms with Gasteiger partial charge in [0.1, 0.15) is 0 Å². The summed E-state index contributed by atoms with van der Waals surface area (Å²) in [5, 5.41) is 5.63. The molecule has 0 heterocycles. The van der Waals surface area contributed by atoms with Gasteiger partial charge in [0, 0.05) is 18.2 Å². The molecule has 21 heavy (non-hydrogen) atoms. The molecule has 5 nitrogen and oxygen atoms in total. The minimum Gasteiger partial charge on any atom is -0.326 e. The number of amides is 1. The molecular weight excluding hydrogens is 302 g/mol. The Labute approximate surface area is 122 Å². The zero-order valence-electron chi connectivity index (χ0n) is 11.8. The van der Waals surface area contributed by atoms with E-state index in [0.29, 0.717) is 12.2 Å². The summed E-state index contributed by atoms with van der Waals surface area (Å²) in [5.41, 5.74) is 0.358. The van der Waals surface area contributed by atoms with Crippen LogP contribution in [0, 0.1) is 5.92 Å². The second-order valence-corrected chi connectivity index (χ2v) is 6.45.